The zero-order valence-electron chi connectivity index (χ0n) is 22.1. The van der Waals surface area contributed by atoms with E-state index in [-0.39, 0.29) is 10.3 Å². The van der Waals surface area contributed by atoms with Crippen LogP contribution in [0.2, 0.25) is 0 Å². The standard InChI is InChI=1S/C22H27N3O.C6H4F2S.C2H6/c1-24-21-19(11-18(23)12-20(21)22(14-26)7-3-8-22)16-5-4-15-6-9-25(2)13-17(15)10-16;7-4-1-2-6(9)5(8)3-4;1-2/h4-5,10-12,14,24H,3,6-9,13,23H2,1-2H3;1-3,9H;1-2H3. The smallest absolute Gasteiger partial charge is 0.139 e. The summed E-state index contributed by atoms with van der Waals surface area (Å²) in [6, 6.07) is 14.0. The van der Waals surface area contributed by atoms with Crippen LogP contribution in [0.25, 0.3) is 11.1 Å². The summed E-state index contributed by atoms with van der Waals surface area (Å²) in [6.07, 6.45) is 5.13. The molecule has 3 aromatic carbocycles. The molecule has 7 heteroatoms. The number of hydrogen-bond acceptors (Lipinski definition) is 5. The Bertz CT molecular complexity index is 1240. The number of halogens is 2. The summed E-state index contributed by atoms with van der Waals surface area (Å²) in [5.74, 6) is -1.20. The van der Waals surface area contributed by atoms with Gasteiger partial charge in [-0.2, -0.15) is 0 Å². The van der Waals surface area contributed by atoms with E-state index in [1.807, 2.05) is 33.0 Å². The van der Waals surface area contributed by atoms with Crippen LogP contribution in [-0.2, 0) is 23.2 Å². The van der Waals surface area contributed by atoms with E-state index in [4.69, 9.17) is 5.73 Å². The highest BCUT2D eigenvalue weighted by atomic mass is 32.1. The first-order valence-electron chi connectivity index (χ1n) is 12.8. The van der Waals surface area contributed by atoms with Crippen LogP contribution < -0.4 is 11.1 Å². The average Bonchev–Trinajstić information content (AvgIpc) is 2.87. The number of benzene rings is 3. The van der Waals surface area contributed by atoms with Crippen molar-refractivity contribution in [2.45, 2.75) is 56.4 Å². The van der Waals surface area contributed by atoms with E-state index in [9.17, 15) is 13.6 Å². The largest absolute Gasteiger partial charge is 0.399 e. The third-order valence-electron chi connectivity index (χ3n) is 7.05. The van der Waals surface area contributed by atoms with E-state index in [1.54, 1.807) is 0 Å². The molecular formula is C30H37F2N3OS. The fourth-order valence-electron chi connectivity index (χ4n) is 4.91. The molecule has 0 unspecified atom stereocenters. The van der Waals surface area contributed by atoms with Crippen LogP contribution in [-0.4, -0.2) is 31.8 Å². The number of nitrogens with zero attached hydrogens (tertiary/aromatic N) is 1. The van der Waals surface area contributed by atoms with Gasteiger partial charge in [-0.1, -0.05) is 32.4 Å². The number of nitrogens with one attached hydrogen (secondary N) is 1. The SMILES string of the molecule is CC.CNc1c(-c2ccc3c(c2)CN(C)CC3)cc(N)cc1C1(C=O)CCC1.Fc1ccc(S)c(F)c1. The first-order chi connectivity index (χ1) is 17.8. The lowest BCUT2D eigenvalue weighted by atomic mass is 9.64. The van der Waals surface area contributed by atoms with E-state index >= 15 is 0 Å². The molecule has 1 heterocycles. The Morgan fingerprint density at radius 2 is 1.78 bits per heavy atom. The maximum absolute atomic E-state index is 12.3. The summed E-state index contributed by atoms with van der Waals surface area (Å²) >= 11 is 3.70. The number of aldehydes is 1. The number of carbonyl (C=O) groups is 1. The van der Waals surface area contributed by atoms with Crippen molar-refractivity contribution in [1.82, 2.24) is 4.90 Å². The van der Waals surface area contributed by atoms with Crippen molar-refractivity contribution in [2.24, 2.45) is 0 Å². The van der Waals surface area contributed by atoms with Gasteiger partial charge in [-0.3, -0.25) is 0 Å². The molecule has 0 radical (unpaired) electrons. The van der Waals surface area contributed by atoms with Crippen molar-refractivity contribution in [3.63, 3.8) is 0 Å². The van der Waals surface area contributed by atoms with Gasteiger partial charge in [0.15, 0.2) is 0 Å². The Labute approximate surface area is 224 Å². The lowest BCUT2D eigenvalue weighted by Crippen LogP contribution is -2.36. The Kier molecular flexibility index (Phi) is 9.74. The number of anilines is 2. The molecular weight excluding hydrogens is 488 g/mol. The van der Waals surface area contributed by atoms with Crippen LogP contribution in [0.5, 0.6) is 0 Å². The summed E-state index contributed by atoms with van der Waals surface area (Å²) < 4.78 is 24.3. The van der Waals surface area contributed by atoms with Gasteiger partial charge in [0.05, 0.1) is 5.41 Å². The fourth-order valence-corrected chi connectivity index (χ4v) is 5.05. The monoisotopic (exact) mass is 525 g/mol. The molecule has 3 N–H and O–H groups in total. The Hall–Kier alpha value is -2.90. The second kappa shape index (κ2) is 12.6. The van der Waals surface area contributed by atoms with Crippen molar-refractivity contribution in [2.75, 3.05) is 31.7 Å². The zero-order valence-corrected chi connectivity index (χ0v) is 23.0. The summed E-state index contributed by atoms with van der Waals surface area (Å²) in [5, 5.41) is 3.36. The summed E-state index contributed by atoms with van der Waals surface area (Å²) in [4.78, 5) is 14.4. The molecule has 0 atom stereocenters. The van der Waals surface area contributed by atoms with Gasteiger partial charge in [0.2, 0.25) is 0 Å². The molecule has 0 spiro atoms. The van der Waals surface area contributed by atoms with Crippen molar-refractivity contribution >= 4 is 30.3 Å². The predicted molar refractivity (Wildman–Crippen MR) is 152 cm³/mol. The number of fused-ring (bicyclic) bond motifs is 1. The normalized spacial score (nSPS) is 15.6. The molecule has 37 heavy (non-hydrogen) atoms. The number of thiol groups is 1. The molecule has 5 rings (SSSR count). The second-order valence-corrected chi connectivity index (χ2v) is 9.92. The van der Waals surface area contributed by atoms with Crippen LogP contribution in [0.3, 0.4) is 0 Å². The average molecular weight is 526 g/mol. The molecule has 3 aromatic rings. The number of rotatable bonds is 4. The zero-order chi connectivity index (χ0) is 27.2. The van der Waals surface area contributed by atoms with E-state index in [2.05, 4.69) is 48.1 Å². The van der Waals surface area contributed by atoms with Crippen molar-refractivity contribution in [3.8, 4) is 11.1 Å². The fraction of sp³-hybridized carbons (Fsp3) is 0.367. The van der Waals surface area contributed by atoms with Crippen molar-refractivity contribution in [3.05, 3.63) is 76.9 Å². The van der Waals surface area contributed by atoms with Crippen molar-refractivity contribution < 1.29 is 13.6 Å². The summed E-state index contributed by atoms with van der Waals surface area (Å²) in [7, 11) is 4.10. The van der Waals surface area contributed by atoms with E-state index in [0.29, 0.717) is 0 Å². The molecule has 0 aromatic heterocycles. The number of nitrogens with two attached hydrogens (primary N) is 1. The molecule has 2 aliphatic rings. The number of hydrogen-bond donors (Lipinski definition) is 3. The lowest BCUT2D eigenvalue weighted by molar-refractivity contribution is -0.115. The first kappa shape index (κ1) is 28.7. The minimum absolute atomic E-state index is 0.163. The van der Waals surface area contributed by atoms with Crippen molar-refractivity contribution in [1.29, 1.82) is 0 Å². The van der Waals surface area contributed by atoms with Crippen LogP contribution >= 0.6 is 12.6 Å². The molecule has 1 aliphatic heterocycles. The van der Waals surface area contributed by atoms with Gasteiger partial charge in [0.1, 0.15) is 17.9 Å². The molecule has 0 amide bonds. The third kappa shape index (κ3) is 6.33. The third-order valence-corrected chi connectivity index (χ3v) is 7.41. The van der Waals surface area contributed by atoms with Gasteiger partial charge in [0, 0.05) is 48.0 Å². The molecule has 1 fully saturated rings. The second-order valence-electron chi connectivity index (χ2n) is 9.44. The van der Waals surface area contributed by atoms with Gasteiger partial charge in [-0.05, 0) is 78.9 Å². The quantitative estimate of drug-likeness (QED) is 0.198. The topological polar surface area (TPSA) is 58.4 Å². The lowest BCUT2D eigenvalue weighted by Gasteiger charge is -2.39. The summed E-state index contributed by atoms with van der Waals surface area (Å²) in [6.45, 7) is 6.09. The number of carbonyl (C=O) groups excluding carboxylic acids is 1. The maximum atomic E-state index is 12.3. The minimum atomic E-state index is -0.627. The first-order valence-corrected chi connectivity index (χ1v) is 13.2. The Balaban J connectivity index is 0.000000291. The Morgan fingerprint density at radius 1 is 1.05 bits per heavy atom. The summed E-state index contributed by atoms with van der Waals surface area (Å²) in [5.41, 5.74) is 13.8. The minimum Gasteiger partial charge on any atom is -0.399 e. The van der Waals surface area contributed by atoms with Crippen LogP contribution in [0.1, 0.15) is 49.8 Å². The predicted octanol–water partition coefficient (Wildman–Crippen LogP) is 6.87. The van der Waals surface area contributed by atoms with E-state index in [1.165, 1.54) is 17.2 Å². The Morgan fingerprint density at radius 3 is 2.35 bits per heavy atom. The van der Waals surface area contributed by atoms with Gasteiger partial charge >= 0.3 is 0 Å². The van der Waals surface area contributed by atoms with Crippen LogP contribution in [0.15, 0.2) is 53.4 Å². The van der Waals surface area contributed by atoms with E-state index < -0.39 is 11.6 Å². The molecule has 0 bridgehead atoms. The van der Waals surface area contributed by atoms with Gasteiger partial charge in [-0.15, -0.1) is 12.6 Å². The molecule has 198 valence electrons. The van der Waals surface area contributed by atoms with Gasteiger partial charge in [-0.25, -0.2) is 8.78 Å². The molecule has 4 nitrogen and oxygen atoms in total. The molecule has 1 saturated carbocycles. The number of likely N-dealkylation sites (N-methyl/N-ethyl adjacent to an activating group) is 1. The van der Waals surface area contributed by atoms with E-state index in [0.717, 1.165) is 85.3 Å². The highest BCUT2D eigenvalue weighted by Crippen LogP contribution is 2.48. The van der Waals surface area contributed by atoms with Crippen LogP contribution in [0, 0.1) is 11.6 Å². The molecule has 0 saturated heterocycles. The highest BCUT2D eigenvalue weighted by Gasteiger charge is 2.41. The highest BCUT2D eigenvalue weighted by molar-refractivity contribution is 7.80. The number of nitrogen functional groups attached to an aromatic ring is 1. The van der Waals surface area contributed by atoms with Gasteiger partial charge in [0.25, 0.3) is 0 Å². The van der Waals surface area contributed by atoms with Crippen LogP contribution in [0.4, 0.5) is 20.2 Å². The molecule has 1 aliphatic carbocycles. The van der Waals surface area contributed by atoms with Gasteiger partial charge < -0.3 is 20.7 Å². The maximum Gasteiger partial charge on any atom is 0.139 e.